The number of hydrogen-bond donors (Lipinski definition) is 0. The lowest BCUT2D eigenvalue weighted by Gasteiger charge is -2.11. The van der Waals surface area contributed by atoms with Crippen LogP contribution in [0.15, 0.2) is 0 Å². The van der Waals surface area contributed by atoms with E-state index in [0.29, 0.717) is 13.1 Å². The van der Waals surface area contributed by atoms with Crippen molar-refractivity contribution in [3.8, 4) is 0 Å². The molecule has 5 heteroatoms. The van der Waals surface area contributed by atoms with Crippen molar-refractivity contribution in [1.82, 2.24) is 9.80 Å². The molecule has 0 saturated carbocycles. The van der Waals surface area contributed by atoms with Crippen LogP contribution in [-0.2, 0) is 9.90 Å². The van der Waals surface area contributed by atoms with Gasteiger partial charge in [-0.15, -0.1) is 0 Å². The zero-order valence-corrected chi connectivity index (χ0v) is 6.24. The lowest BCUT2D eigenvalue weighted by Crippen LogP contribution is -2.36. The van der Waals surface area contributed by atoms with E-state index in [4.69, 9.17) is 0 Å². The molecule has 0 aromatic rings. The number of likely N-dealkylation sites (N-methyl/N-ethyl adjacent to an activating group) is 1. The second-order valence-corrected chi connectivity index (χ2v) is 2.39. The molecule has 0 unspecified atom stereocenters. The Balaban J connectivity index is 2.62. The van der Waals surface area contributed by atoms with E-state index in [9.17, 15) is 14.7 Å². The smallest absolute Gasteiger partial charge is 0.326 e. The summed E-state index contributed by atoms with van der Waals surface area (Å²) in [5, 5.41) is 10.1. The van der Waals surface area contributed by atoms with Gasteiger partial charge >= 0.3 is 6.03 Å². The molecule has 0 aromatic carbocycles. The Hall–Kier alpha value is -1.10. The van der Waals surface area contributed by atoms with Crippen molar-refractivity contribution in [2.75, 3.05) is 26.7 Å². The summed E-state index contributed by atoms with van der Waals surface area (Å²) >= 11 is 0. The molecule has 1 aliphatic rings. The molecule has 1 fully saturated rings. The molecule has 1 saturated heterocycles. The number of hydrogen-bond acceptors (Lipinski definition) is 2. The van der Waals surface area contributed by atoms with Crippen molar-refractivity contribution in [2.45, 2.75) is 0 Å². The lowest BCUT2D eigenvalue weighted by atomic mass is 10.5. The topological polar surface area (TPSA) is 60.5 Å². The highest BCUT2D eigenvalue weighted by Crippen LogP contribution is 2.05. The van der Waals surface area contributed by atoms with Crippen LogP contribution in [0, 0.1) is 0 Å². The summed E-state index contributed by atoms with van der Waals surface area (Å²) in [5.74, 6) is -0.639. The number of imide groups is 1. The summed E-state index contributed by atoms with van der Waals surface area (Å²) in [7, 11) is 1.60. The predicted octanol–water partition coefficient (Wildman–Crippen LogP) is -0.689. The van der Waals surface area contributed by atoms with E-state index < -0.39 is 12.5 Å². The average Bonchev–Trinajstić information content (AvgIpc) is 2.32. The minimum Gasteiger partial charge on any atom is -0.326 e. The maximum absolute atomic E-state index is 11.0. The first-order valence-electron chi connectivity index (χ1n) is 3.30. The van der Waals surface area contributed by atoms with E-state index in [-0.39, 0.29) is 6.03 Å². The van der Waals surface area contributed by atoms with Crippen molar-refractivity contribution in [3.63, 3.8) is 0 Å². The zero-order valence-electron chi connectivity index (χ0n) is 6.24. The van der Waals surface area contributed by atoms with E-state index in [1.165, 1.54) is 4.90 Å². The molecule has 11 heavy (non-hydrogen) atoms. The molecular formula is C6H9N2O3. The highest BCUT2D eigenvalue weighted by Gasteiger charge is 2.29. The van der Waals surface area contributed by atoms with Gasteiger partial charge in [-0.2, -0.15) is 0 Å². The van der Waals surface area contributed by atoms with Crippen LogP contribution in [0.3, 0.4) is 0 Å². The Morgan fingerprint density at radius 3 is 2.55 bits per heavy atom. The molecule has 3 amide bonds. The third-order valence-electron chi connectivity index (χ3n) is 1.64. The number of urea groups is 1. The number of amides is 3. The van der Waals surface area contributed by atoms with E-state index in [1.807, 2.05) is 0 Å². The Kier molecular flexibility index (Phi) is 2.09. The van der Waals surface area contributed by atoms with Crippen molar-refractivity contribution in [3.05, 3.63) is 0 Å². The molecule has 0 aromatic heterocycles. The van der Waals surface area contributed by atoms with Crippen molar-refractivity contribution < 1.29 is 14.7 Å². The van der Waals surface area contributed by atoms with Crippen LogP contribution in [0.2, 0.25) is 0 Å². The van der Waals surface area contributed by atoms with Gasteiger partial charge in [-0.05, 0) is 0 Å². The third-order valence-corrected chi connectivity index (χ3v) is 1.64. The van der Waals surface area contributed by atoms with E-state index in [2.05, 4.69) is 0 Å². The molecule has 0 aliphatic carbocycles. The molecule has 1 aliphatic heterocycles. The monoisotopic (exact) mass is 157 g/mol. The maximum atomic E-state index is 11.0. The largest absolute Gasteiger partial charge is 0.326 e. The van der Waals surface area contributed by atoms with Gasteiger partial charge in [-0.1, -0.05) is 0 Å². The SMILES string of the molecule is CN1CCN(C(=O)C[O])C1=O. The van der Waals surface area contributed by atoms with Crippen LogP contribution in [0.4, 0.5) is 4.79 Å². The summed E-state index contributed by atoms with van der Waals surface area (Å²) in [5.41, 5.74) is 0. The lowest BCUT2D eigenvalue weighted by molar-refractivity contribution is -0.132. The normalized spacial score (nSPS) is 17.8. The summed E-state index contributed by atoms with van der Waals surface area (Å²) in [6.45, 7) is 0.0144. The zero-order chi connectivity index (χ0) is 8.43. The van der Waals surface area contributed by atoms with Gasteiger partial charge in [0.2, 0.25) is 0 Å². The van der Waals surface area contributed by atoms with Gasteiger partial charge in [0.05, 0.1) is 0 Å². The fourth-order valence-corrected chi connectivity index (χ4v) is 0.957. The summed E-state index contributed by atoms with van der Waals surface area (Å²) in [6, 6.07) is -0.370. The van der Waals surface area contributed by atoms with Crippen molar-refractivity contribution in [2.24, 2.45) is 0 Å². The molecule has 61 valence electrons. The quantitative estimate of drug-likeness (QED) is 0.505. The minimum atomic E-state index is -0.848. The van der Waals surface area contributed by atoms with E-state index in [1.54, 1.807) is 7.05 Å². The van der Waals surface area contributed by atoms with Gasteiger partial charge in [-0.25, -0.2) is 9.90 Å². The Morgan fingerprint density at radius 1 is 1.55 bits per heavy atom. The van der Waals surface area contributed by atoms with E-state index >= 15 is 0 Å². The molecular weight excluding hydrogens is 148 g/mol. The molecule has 0 spiro atoms. The molecule has 5 nitrogen and oxygen atoms in total. The highest BCUT2D eigenvalue weighted by molar-refractivity contribution is 5.96. The second kappa shape index (κ2) is 2.87. The molecule has 0 N–H and O–H groups in total. The van der Waals surface area contributed by atoms with E-state index in [0.717, 1.165) is 4.90 Å². The summed E-state index contributed by atoms with van der Waals surface area (Å²) in [4.78, 5) is 24.1. The number of carbonyl (C=O) groups excluding carboxylic acids is 2. The first-order valence-corrected chi connectivity index (χ1v) is 3.30. The van der Waals surface area contributed by atoms with Crippen LogP contribution in [0.25, 0.3) is 0 Å². The predicted molar refractivity (Wildman–Crippen MR) is 35.3 cm³/mol. The van der Waals surface area contributed by atoms with Crippen LogP contribution in [-0.4, -0.2) is 48.5 Å². The minimum absolute atomic E-state index is 0.344. The first kappa shape index (κ1) is 8.00. The molecule has 0 atom stereocenters. The maximum Gasteiger partial charge on any atom is 0.326 e. The fraction of sp³-hybridized carbons (Fsp3) is 0.667. The molecule has 1 heterocycles. The van der Waals surface area contributed by atoms with Crippen molar-refractivity contribution in [1.29, 1.82) is 0 Å². The van der Waals surface area contributed by atoms with Gasteiger partial charge in [0.15, 0.2) is 6.61 Å². The van der Waals surface area contributed by atoms with Gasteiger partial charge in [0, 0.05) is 20.1 Å². The van der Waals surface area contributed by atoms with Crippen LogP contribution in [0.1, 0.15) is 0 Å². The Labute approximate surface area is 64.2 Å². The average molecular weight is 157 g/mol. The van der Waals surface area contributed by atoms with Crippen LogP contribution < -0.4 is 0 Å². The summed E-state index contributed by atoms with van der Waals surface area (Å²) in [6.07, 6.45) is 0. The highest BCUT2D eigenvalue weighted by atomic mass is 16.3. The summed E-state index contributed by atoms with van der Waals surface area (Å²) < 4.78 is 0. The first-order chi connectivity index (χ1) is 5.16. The molecule has 0 bridgehead atoms. The van der Waals surface area contributed by atoms with Gasteiger partial charge in [0.25, 0.3) is 5.91 Å². The van der Waals surface area contributed by atoms with Crippen LogP contribution in [0.5, 0.6) is 0 Å². The third kappa shape index (κ3) is 1.32. The van der Waals surface area contributed by atoms with Gasteiger partial charge < -0.3 is 4.90 Å². The molecule has 1 radical (unpaired) electrons. The fourth-order valence-electron chi connectivity index (χ4n) is 0.957. The van der Waals surface area contributed by atoms with Gasteiger partial charge in [-0.3, -0.25) is 9.69 Å². The Morgan fingerprint density at radius 2 is 2.18 bits per heavy atom. The number of nitrogens with zero attached hydrogens (tertiary/aromatic N) is 2. The van der Waals surface area contributed by atoms with Crippen LogP contribution >= 0.6 is 0 Å². The standard InChI is InChI=1S/C6H9N2O3/c1-7-2-3-8(6(7)11)5(10)4-9/h2-4H2,1H3. The Bertz CT molecular complexity index is 192. The van der Waals surface area contributed by atoms with Gasteiger partial charge in [0.1, 0.15) is 0 Å². The van der Waals surface area contributed by atoms with Crippen molar-refractivity contribution >= 4 is 11.9 Å². The number of carbonyl (C=O) groups is 2. The number of rotatable bonds is 1. The second-order valence-electron chi connectivity index (χ2n) is 2.39. The molecule has 1 rings (SSSR count).